The van der Waals surface area contributed by atoms with Gasteiger partial charge in [0.25, 0.3) is 0 Å². The normalized spacial score (nSPS) is 12.7. The molecule has 0 bridgehead atoms. The summed E-state index contributed by atoms with van der Waals surface area (Å²) in [5, 5.41) is 0. The first-order valence-electron chi connectivity index (χ1n) is 5.71. The smallest absolute Gasteiger partial charge is 0.308 e. The van der Waals surface area contributed by atoms with Crippen molar-refractivity contribution in [2.45, 2.75) is 47.1 Å². The van der Waals surface area contributed by atoms with Crippen LogP contribution < -0.4 is 0 Å². The average molecular weight is 230 g/mol. The number of carbonyl (C=O) groups is 2. The summed E-state index contributed by atoms with van der Waals surface area (Å²) >= 11 is 0. The molecular weight excluding hydrogens is 208 g/mol. The predicted octanol–water partition coefficient (Wildman–Crippen LogP) is 2.16. The van der Waals surface area contributed by atoms with Crippen molar-refractivity contribution >= 4 is 11.9 Å². The summed E-state index contributed by atoms with van der Waals surface area (Å²) in [7, 11) is 0. The van der Waals surface area contributed by atoms with Crippen LogP contribution in [0.1, 0.15) is 41.0 Å². The van der Waals surface area contributed by atoms with Crippen LogP contribution in [-0.2, 0) is 19.1 Å². The first-order valence-corrected chi connectivity index (χ1v) is 5.71. The molecule has 0 saturated carbocycles. The van der Waals surface area contributed by atoms with E-state index in [0.717, 1.165) is 0 Å². The number of hydrogen-bond acceptors (Lipinski definition) is 4. The summed E-state index contributed by atoms with van der Waals surface area (Å²) in [6.45, 7) is 9.23. The summed E-state index contributed by atoms with van der Waals surface area (Å²) in [4.78, 5) is 22.4. The molecule has 0 aliphatic carbocycles. The van der Waals surface area contributed by atoms with E-state index in [1.165, 1.54) is 0 Å². The monoisotopic (exact) mass is 230 g/mol. The minimum Gasteiger partial charge on any atom is -0.465 e. The summed E-state index contributed by atoms with van der Waals surface area (Å²) in [5.74, 6) is -0.681. The molecule has 1 atom stereocenters. The highest BCUT2D eigenvalue weighted by Gasteiger charge is 2.14. The lowest BCUT2D eigenvalue weighted by Gasteiger charge is -2.15. The van der Waals surface area contributed by atoms with E-state index in [9.17, 15) is 9.59 Å². The molecule has 0 aromatic rings. The van der Waals surface area contributed by atoms with Gasteiger partial charge in [-0.05, 0) is 6.92 Å². The fourth-order valence-corrected chi connectivity index (χ4v) is 0.885. The van der Waals surface area contributed by atoms with Crippen molar-refractivity contribution in [3.8, 4) is 0 Å². The molecule has 4 nitrogen and oxygen atoms in total. The van der Waals surface area contributed by atoms with Crippen molar-refractivity contribution in [1.82, 2.24) is 0 Å². The molecule has 0 aliphatic rings. The first kappa shape index (κ1) is 14.9. The van der Waals surface area contributed by atoms with Crippen LogP contribution in [0.25, 0.3) is 0 Å². The van der Waals surface area contributed by atoms with Gasteiger partial charge in [-0.25, -0.2) is 0 Å². The first-order chi connectivity index (χ1) is 7.34. The topological polar surface area (TPSA) is 52.6 Å². The zero-order valence-corrected chi connectivity index (χ0v) is 10.8. The van der Waals surface area contributed by atoms with Crippen molar-refractivity contribution in [1.29, 1.82) is 0 Å². The quantitative estimate of drug-likeness (QED) is 0.656. The maximum Gasteiger partial charge on any atom is 0.308 e. The third-order valence-electron chi connectivity index (χ3n) is 2.03. The molecule has 0 N–H and O–H groups in total. The van der Waals surface area contributed by atoms with E-state index in [1.807, 2.05) is 0 Å². The maximum atomic E-state index is 11.2. The molecule has 0 aliphatic heterocycles. The molecule has 0 rings (SSSR count). The molecule has 0 heterocycles. The lowest BCUT2D eigenvalue weighted by molar-refractivity contribution is -0.154. The SMILES string of the molecule is CC(C)C(=O)OCC[C@@H](C)OC(=O)C(C)C. The van der Waals surface area contributed by atoms with Gasteiger partial charge in [0.05, 0.1) is 18.4 Å². The van der Waals surface area contributed by atoms with Crippen molar-refractivity contribution in [2.75, 3.05) is 6.61 Å². The van der Waals surface area contributed by atoms with Gasteiger partial charge in [-0.2, -0.15) is 0 Å². The van der Waals surface area contributed by atoms with E-state index >= 15 is 0 Å². The standard InChI is InChI=1S/C12H22O4/c1-8(2)11(13)15-7-6-10(5)16-12(14)9(3)4/h8-10H,6-7H2,1-5H3/t10-/m1/s1. The molecule has 0 aromatic carbocycles. The molecule has 0 spiro atoms. The Morgan fingerprint density at radius 3 is 1.88 bits per heavy atom. The van der Waals surface area contributed by atoms with Crippen LogP contribution in [0.2, 0.25) is 0 Å². The van der Waals surface area contributed by atoms with Crippen LogP contribution in [0.3, 0.4) is 0 Å². The lowest BCUT2D eigenvalue weighted by atomic mass is 10.2. The third-order valence-corrected chi connectivity index (χ3v) is 2.03. The Morgan fingerprint density at radius 1 is 0.938 bits per heavy atom. The molecule has 0 unspecified atom stereocenters. The zero-order chi connectivity index (χ0) is 12.7. The van der Waals surface area contributed by atoms with Gasteiger partial charge < -0.3 is 9.47 Å². The molecule has 0 fully saturated rings. The van der Waals surface area contributed by atoms with E-state index < -0.39 is 0 Å². The number of carbonyl (C=O) groups excluding carboxylic acids is 2. The van der Waals surface area contributed by atoms with Gasteiger partial charge in [0.2, 0.25) is 0 Å². The van der Waals surface area contributed by atoms with Crippen LogP contribution >= 0.6 is 0 Å². The van der Waals surface area contributed by atoms with Gasteiger partial charge in [-0.3, -0.25) is 9.59 Å². The number of esters is 2. The van der Waals surface area contributed by atoms with Crippen LogP contribution in [0.4, 0.5) is 0 Å². The van der Waals surface area contributed by atoms with Crippen molar-refractivity contribution in [2.24, 2.45) is 11.8 Å². The Balaban J connectivity index is 3.70. The van der Waals surface area contributed by atoms with E-state index in [0.29, 0.717) is 13.0 Å². The molecule has 0 amide bonds. The highest BCUT2D eigenvalue weighted by molar-refractivity contribution is 5.72. The summed E-state index contributed by atoms with van der Waals surface area (Å²) in [6.07, 6.45) is 0.326. The minimum absolute atomic E-state index is 0.117. The van der Waals surface area contributed by atoms with Crippen LogP contribution in [0.5, 0.6) is 0 Å². The van der Waals surface area contributed by atoms with Gasteiger partial charge in [0.1, 0.15) is 6.10 Å². The van der Waals surface area contributed by atoms with Crippen molar-refractivity contribution in [3.05, 3.63) is 0 Å². The van der Waals surface area contributed by atoms with Crippen LogP contribution in [0.15, 0.2) is 0 Å². The van der Waals surface area contributed by atoms with Crippen molar-refractivity contribution in [3.63, 3.8) is 0 Å². The van der Waals surface area contributed by atoms with Gasteiger partial charge in [-0.1, -0.05) is 27.7 Å². The molecule has 94 valence electrons. The Hall–Kier alpha value is -1.06. The van der Waals surface area contributed by atoms with E-state index in [2.05, 4.69) is 0 Å². The minimum atomic E-state index is -0.220. The molecule has 0 aromatic heterocycles. The van der Waals surface area contributed by atoms with E-state index in [4.69, 9.17) is 9.47 Å². The summed E-state index contributed by atoms with van der Waals surface area (Å²) in [5.41, 5.74) is 0. The Bertz CT molecular complexity index is 233. The van der Waals surface area contributed by atoms with Gasteiger partial charge >= 0.3 is 11.9 Å². The molecular formula is C12H22O4. The third kappa shape index (κ3) is 6.43. The Labute approximate surface area is 97.3 Å². The Morgan fingerprint density at radius 2 is 1.44 bits per heavy atom. The second-order valence-electron chi connectivity index (χ2n) is 4.51. The highest BCUT2D eigenvalue weighted by atomic mass is 16.6. The number of hydrogen-bond donors (Lipinski definition) is 0. The average Bonchev–Trinajstić information content (AvgIpc) is 2.16. The van der Waals surface area contributed by atoms with Gasteiger partial charge in [0, 0.05) is 6.42 Å². The van der Waals surface area contributed by atoms with E-state index in [-0.39, 0.29) is 29.9 Å². The van der Waals surface area contributed by atoms with Crippen molar-refractivity contribution < 1.29 is 19.1 Å². The van der Waals surface area contributed by atoms with Gasteiger partial charge in [-0.15, -0.1) is 0 Å². The largest absolute Gasteiger partial charge is 0.465 e. The molecule has 0 radical (unpaired) electrons. The van der Waals surface area contributed by atoms with Crippen LogP contribution in [0, 0.1) is 11.8 Å². The predicted molar refractivity (Wildman–Crippen MR) is 60.8 cm³/mol. The zero-order valence-electron chi connectivity index (χ0n) is 10.8. The lowest BCUT2D eigenvalue weighted by Crippen LogP contribution is -2.21. The fourth-order valence-electron chi connectivity index (χ4n) is 0.885. The summed E-state index contributed by atoms with van der Waals surface area (Å²) < 4.78 is 10.1. The molecule has 4 heteroatoms. The van der Waals surface area contributed by atoms with E-state index in [1.54, 1.807) is 34.6 Å². The number of rotatable bonds is 6. The molecule has 16 heavy (non-hydrogen) atoms. The second kappa shape index (κ2) is 7.25. The van der Waals surface area contributed by atoms with Crippen LogP contribution in [-0.4, -0.2) is 24.6 Å². The summed E-state index contributed by atoms with van der Waals surface area (Å²) in [6, 6.07) is 0. The number of ether oxygens (including phenoxy) is 2. The Kier molecular flexibility index (Phi) is 6.77. The second-order valence-corrected chi connectivity index (χ2v) is 4.51. The molecule has 0 saturated heterocycles. The van der Waals surface area contributed by atoms with Gasteiger partial charge in [0.15, 0.2) is 0 Å². The fraction of sp³-hybridized carbons (Fsp3) is 0.833. The highest BCUT2D eigenvalue weighted by Crippen LogP contribution is 2.05. The maximum absolute atomic E-state index is 11.2.